The van der Waals surface area contributed by atoms with Gasteiger partial charge in [-0.25, -0.2) is 13.1 Å². The predicted molar refractivity (Wildman–Crippen MR) is 111 cm³/mol. The van der Waals surface area contributed by atoms with Gasteiger partial charge in [0.15, 0.2) is 5.96 Å². The molecule has 1 aliphatic heterocycles. The second-order valence-electron chi connectivity index (χ2n) is 6.52. The molecule has 3 N–H and O–H groups in total. The average Bonchev–Trinajstić information content (AvgIpc) is 3.20. The molecule has 1 unspecified atom stereocenters. The Hall–Kier alpha value is -1.68. The molecule has 158 valence electrons. The van der Waals surface area contributed by atoms with Gasteiger partial charge in [-0.1, -0.05) is 30.3 Å². The van der Waals surface area contributed by atoms with E-state index < -0.39 is 10.0 Å². The van der Waals surface area contributed by atoms with E-state index in [1.807, 2.05) is 37.3 Å². The zero-order valence-corrected chi connectivity index (χ0v) is 17.3. The molecule has 1 aromatic carbocycles. The van der Waals surface area contributed by atoms with Crippen LogP contribution in [0.3, 0.4) is 0 Å². The summed E-state index contributed by atoms with van der Waals surface area (Å²) < 4.78 is 37.9. The Balaban J connectivity index is 1.64. The molecule has 0 saturated carbocycles. The van der Waals surface area contributed by atoms with Crippen LogP contribution in [0.5, 0.6) is 0 Å². The summed E-state index contributed by atoms with van der Waals surface area (Å²) in [4.78, 5) is 4.46. The number of benzene rings is 1. The summed E-state index contributed by atoms with van der Waals surface area (Å²) in [6.07, 6.45) is 1.98. The van der Waals surface area contributed by atoms with Gasteiger partial charge < -0.3 is 20.1 Å². The molecule has 1 fully saturated rings. The van der Waals surface area contributed by atoms with E-state index in [0.717, 1.165) is 25.0 Å². The van der Waals surface area contributed by atoms with Gasteiger partial charge in [-0.2, -0.15) is 0 Å². The van der Waals surface area contributed by atoms with Gasteiger partial charge >= 0.3 is 0 Å². The summed E-state index contributed by atoms with van der Waals surface area (Å²) in [5.74, 6) is 0.597. The minimum Gasteiger partial charge on any atom is -0.379 e. The summed E-state index contributed by atoms with van der Waals surface area (Å²) in [6.45, 7) is 5.98. The number of rotatable bonds is 12. The van der Waals surface area contributed by atoms with Crippen LogP contribution in [0.15, 0.2) is 35.3 Å². The summed E-state index contributed by atoms with van der Waals surface area (Å²) in [5, 5.41) is 6.19. The molecule has 0 aromatic heterocycles. The lowest BCUT2D eigenvalue weighted by atomic mass is 10.2. The van der Waals surface area contributed by atoms with Gasteiger partial charge in [0.2, 0.25) is 10.0 Å². The maximum atomic E-state index is 12.1. The smallest absolute Gasteiger partial charge is 0.213 e. The number of hydrogen-bond acceptors (Lipinski definition) is 5. The maximum Gasteiger partial charge on any atom is 0.213 e. The third kappa shape index (κ3) is 9.50. The molecule has 0 radical (unpaired) electrons. The Morgan fingerprint density at radius 2 is 2.11 bits per heavy atom. The van der Waals surface area contributed by atoms with Crippen molar-refractivity contribution in [2.45, 2.75) is 32.4 Å². The minimum absolute atomic E-state index is 0.0188. The highest BCUT2D eigenvalue weighted by Gasteiger charge is 2.15. The molecule has 0 amide bonds. The van der Waals surface area contributed by atoms with Crippen molar-refractivity contribution in [3.8, 4) is 0 Å². The Bertz CT molecular complexity index is 676. The van der Waals surface area contributed by atoms with E-state index >= 15 is 0 Å². The fourth-order valence-corrected chi connectivity index (χ4v) is 3.56. The van der Waals surface area contributed by atoms with Crippen LogP contribution in [-0.2, 0) is 26.0 Å². The van der Waals surface area contributed by atoms with E-state index in [0.29, 0.717) is 38.8 Å². The molecule has 2 rings (SSSR count). The van der Waals surface area contributed by atoms with Gasteiger partial charge in [-0.3, -0.25) is 4.99 Å². The quantitative estimate of drug-likeness (QED) is 0.267. The lowest BCUT2D eigenvalue weighted by Crippen LogP contribution is -2.41. The Labute approximate surface area is 168 Å². The van der Waals surface area contributed by atoms with Crippen LogP contribution >= 0.6 is 0 Å². The van der Waals surface area contributed by atoms with Gasteiger partial charge in [0, 0.05) is 39.4 Å². The Morgan fingerprint density at radius 1 is 1.29 bits per heavy atom. The van der Waals surface area contributed by atoms with Crippen LogP contribution in [0.4, 0.5) is 0 Å². The first-order valence-corrected chi connectivity index (χ1v) is 11.5. The molecule has 28 heavy (non-hydrogen) atoms. The number of aliphatic imine (C=N–C) groups is 1. The highest BCUT2D eigenvalue weighted by atomic mass is 32.2. The van der Waals surface area contributed by atoms with Crippen molar-refractivity contribution < 1.29 is 17.9 Å². The summed E-state index contributed by atoms with van der Waals surface area (Å²) >= 11 is 0. The third-order valence-electron chi connectivity index (χ3n) is 4.16. The van der Waals surface area contributed by atoms with Crippen molar-refractivity contribution in [3.05, 3.63) is 35.9 Å². The monoisotopic (exact) mass is 412 g/mol. The van der Waals surface area contributed by atoms with Crippen molar-refractivity contribution in [1.29, 1.82) is 0 Å². The molecule has 1 aromatic rings. The molecule has 1 atom stereocenters. The Kier molecular flexibility index (Phi) is 10.3. The largest absolute Gasteiger partial charge is 0.379 e. The van der Waals surface area contributed by atoms with Gasteiger partial charge in [0.1, 0.15) is 0 Å². The lowest BCUT2D eigenvalue weighted by Gasteiger charge is -2.12. The SMILES string of the molecule is CCNC(=NCCCOC1CCOC1)NCCS(=O)(=O)NCc1ccccc1. The van der Waals surface area contributed by atoms with Crippen molar-refractivity contribution in [3.63, 3.8) is 0 Å². The molecule has 9 heteroatoms. The molecule has 1 aliphatic rings. The van der Waals surface area contributed by atoms with E-state index in [4.69, 9.17) is 9.47 Å². The number of sulfonamides is 1. The number of guanidine groups is 1. The molecule has 0 spiro atoms. The number of nitrogens with zero attached hydrogens (tertiary/aromatic N) is 1. The first-order chi connectivity index (χ1) is 13.6. The summed E-state index contributed by atoms with van der Waals surface area (Å²) in [6, 6.07) is 9.45. The highest BCUT2D eigenvalue weighted by molar-refractivity contribution is 7.89. The molecular formula is C19H32N4O4S. The summed E-state index contributed by atoms with van der Waals surface area (Å²) in [5.41, 5.74) is 0.931. The van der Waals surface area contributed by atoms with E-state index in [1.54, 1.807) is 0 Å². The van der Waals surface area contributed by atoms with E-state index in [-0.39, 0.29) is 18.4 Å². The zero-order valence-electron chi connectivity index (χ0n) is 16.5. The Morgan fingerprint density at radius 3 is 2.82 bits per heavy atom. The van der Waals surface area contributed by atoms with Crippen LogP contribution in [0.25, 0.3) is 0 Å². The lowest BCUT2D eigenvalue weighted by molar-refractivity contribution is 0.0424. The van der Waals surface area contributed by atoms with Gasteiger partial charge in [0.05, 0.1) is 18.5 Å². The molecule has 0 aliphatic carbocycles. The van der Waals surface area contributed by atoms with Gasteiger partial charge in [0.25, 0.3) is 0 Å². The van der Waals surface area contributed by atoms with Crippen molar-refractivity contribution in [1.82, 2.24) is 15.4 Å². The molecule has 1 heterocycles. The van der Waals surface area contributed by atoms with Crippen molar-refractivity contribution in [2.24, 2.45) is 4.99 Å². The molecule has 0 bridgehead atoms. The fraction of sp³-hybridized carbons (Fsp3) is 0.632. The van der Waals surface area contributed by atoms with Crippen LogP contribution in [0, 0.1) is 0 Å². The maximum absolute atomic E-state index is 12.1. The zero-order chi connectivity index (χ0) is 20.1. The predicted octanol–water partition coefficient (Wildman–Crippen LogP) is 0.857. The topological polar surface area (TPSA) is 101 Å². The van der Waals surface area contributed by atoms with Gasteiger partial charge in [-0.15, -0.1) is 0 Å². The molecule has 1 saturated heterocycles. The number of hydrogen-bond donors (Lipinski definition) is 3. The highest BCUT2D eigenvalue weighted by Crippen LogP contribution is 2.08. The number of ether oxygens (including phenoxy) is 2. The first-order valence-electron chi connectivity index (χ1n) is 9.82. The van der Waals surface area contributed by atoms with Crippen LogP contribution < -0.4 is 15.4 Å². The van der Waals surface area contributed by atoms with E-state index in [1.165, 1.54) is 0 Å². The molecular weight excluding hydrogens is 380 g/mol. The standard InChI is InChI=1S/C19H32N4O4S/c1-2-20-19(21-10-6-12-27-18-9-13-26-16-18)22-11-14-28(24,25)23-15-17-7-4-3-5-8-17/h3-5,7-8,18,23H,2,6,9-16H2,1H3,(H2,20,21,22). The third-order valence-corrected chi connectivity index (χ3v) is 5.49. The second kappa shape index (κ2) is 12.7. The second-order valence-corrected chi connectivity index (χ2v) is 8.45. The fourth-order valence-electron chi connectivity index (χ4n) is 2.66. The minimum atomic E-state index is -3.36. The van der Waals surface area contributed by atoms with Crippen LogP contribution in [-0.4, -0.2) is 65.7 Å². The number of nitrogens with one attached hydrogen (secondary N) is 3. The summed E-state index contributed by atoms with van der Waals surface area (Å²) in [7, 11) is -3.36. The molecule has 8 nitrogen and oxygen atoms in total. The van der Waals surface area contributed by atoms with E-state index in [2.05, 4.69) is 20.3 Å². The normalized spacial score (nSPS) is 17.6. The van der Waals surface area contributed by atoms with Crippen molar-refractivity contribution in [2.75, 3.05) is 45.2 Å². The van der Waals surface area contributed by atoms with Gasteiger partial charge in [-0.05, 0) is 25.3 Å². The average molecular weight is 413 g/mol. The van der Waals surface area contributed by atoms with E-state index in [9.17, 15) is 8.42 Å². The first kappa shape index (κ1) is 22.6. The van der Waals surface area contributed by atoms with Crippen molar-refractivity contribution >= 4 is 16.0 Å². The van der Waals surface area contributed by atoms with Crippen LogP contribution in [0.1, 0.15) is 25.3 Å². The van der Waals surface area contributed by atoms with Crippen LogP contribution in [0.2, 0.25) is 0 Å².